The van der Waals surface area contributed by atoms with Crippen molar-refractivity contribution in [2.24, 2.45) is 0 Å². The molecule has 22 heavy (non-hydrogen) atoms. The fourth-order valence-electron chi connectivity index (χ4n) is 2.44. The fourth-order valence-corrected chi connectivity index (χ4v) is 2.44. The van der Waals surface area contributed by atoms with Crippen molar-refractivity contribution in [1.29, 1.82) is 0 Å². The predicted octanol–water partition coefficient (Wildman–Crippen LogP) is 3.32. The molecule has 0 radical (unpaired) electrons. The summed E-state index contributed by atoms with van der Waals surface area (Å²) in [6.07, 6.45) is 15.4. The second-order valence-electron chi connectivity index (χ2n) is 6.03. The molecule has 0 heterocycles. The molecule has 0 saturated carbocycles. The largest absolute Gasteiger partial charge is 0.394 e. The van der Waals surface area contributed by atoms with Crippen LogP contribution in [0.4, 0.5) is 0 Å². The molecule has 0 aromatic rings. The van der Waals surface area contributed by atoms with Crippen LogP contribution in [0.15, 0.2) is 12.2 Å². The molecule has 4 nitrogen and oxygen atoms in total. The first-order chi connectivity index (χ1) is 10.6. The number of hydrogen-bond donors (Lipinski definition) is 3. The second kappa shape index (κ2) is 15.0. The Kier molecular flexibility index (Phi) is 14.4. The van der Waals surface area contributed by atoms with E-state index in [1.54, 1.807) is 6.08 Å². The minimum Gasteiger partial charge on any atom is -0.394 e. The number of carbonyl (C=O) groups is 1. The SMILES string of the molecule is CCCCCCCCCCC/C=C/C(O)C(CO)NC(C)=O. The summed E-state index contributed by atoms with van der Waals surface area (Å²) in [6, 6.07) is -0.614. The zero-order valence-electron chi connectivity index (χ0n) is 14.4. The smallest absolute Gasteiger partial charge is 0.217 e. The van der Waals surface area contributed by atoms with Crippen molar-refractivity contribution < 1.29 is 15.0 Å². The summed E-state index contributed by atoms with van der Waals surface area (Å²) in [5.41, 5.74) is 0. The zero-order chi connectivity index (χ0) is 16.6. The number of hydrogen-bond acceptors (Lipinski definition) is 3. The van der Waals surface area contributed by atoms with E-state index in [9.17, 15) is 9.90 Å². The maximum absolute atomic E-state index is 10.9. The standard InChI is InChI=1S/C18H35NO3/c1-3-4-5-6-7-8-9-10-11-12-13-14-18(22)17(15-20)19-16(2)21/h13-14,17-18,20,22H,3-12,15H2,1-2H3,(H,19,21)/b14-13+. The molecule has 0 rings (SSSR count). The van der Waals surface area contributed by atoms with Gasteiger partial charge in [0, 0.05) is 6.92 Å². The van der Waals surface area contributed by atoms with Crippen molar-refractivity contribution in [3.05, 3.63) is 12.2 Å². The van der Waals surface area contributed by atoms with E-state index in [4.69, 9.17) is 5.11 Å². The van der Waals surface area contributed by atoms with Crippen LogP contribution in [0.1, 0.15) is 78.1 Å². The molecule has 4 heteroatoms. The van der Waals surface area contributed by atoms with Gasteiger partial charge in [-0.1, -0.05) is 70.4 Å². The highest BCUT2D eigenvalue weighted by Gasteiger charge is 2.15. The Balaban J connectivity index is 3.54. The molecule has 0 aliphatic heterocycles. The number of allylic oxidation sites excluding steroid dienone is 1. The molecular formula is C18H35NO3. The van der Waals surface area contributed by atoms with Gasteiger partial charge in [0.1, 0.15) is 0 Å². The van der Waals surface area contributed by atoms with Crippen molar-refractivity contribution >= 4 is 5.91 Å². The van der Waals surface area contributed by atoms with Crippen LogP contribution < -0.4 is 5.32 Å². The van der Waals surface area contributed by atoms with Crippen LogP contribution in [0, 0.1) is 0 Å². The Morgan fingerprint density at radius 2 is 1.59 bits per heavy atom. The minimum atomic E-state index is -0.826. The number of aliphatic hydroxyl groups is 2. The third kappa shape index (κ3) is 12.8. The van der Waals surface area contributed by atoms with Gasteiger partial charge < -0.3 is 15.5 Å². The second-order valence-corrected chi connectivity index (χ2v) is 6.03. The minimum absolute atomic E-state index is 0.245. The molecule has 0 aromatic heterocycles. The molecule has 2 atom stereocenters. The molecule has 0 aliphatic carbocycles. The lowest BCUT2D eigenvalue weighted by Crippen LogP contribution is -2.44. The van der Waals surface area contributed by atoms with Crippen LogP contribution in [0.5, 0.6) is 0 Å². The fraction of sp³-hybridized carbons (Fsp3) is 0.833. The van der Waals surface area contributed by atoms with Gasteiger partial charge >= 0.3 is 0 Å². The van der Waals surface area contributed by atoms with Gasteiger partial charge in [-0.15, -0.1) is 0 Å². The highest BCUT2D eigenvalue weighted by atomic mass is 16.3. The average Bonchev–Trinajstić information content (AvgIpc) is 2.49. The maximum Gasteiger partial charge on any atom is 0.217 e. The summed E-state index contributed by atoms with van der Waals surface area (Å²) in [4.78, 5) is 10.9. The monoisotopic (exact) mass is 313 g/mol. The first-order valence-corrected chi connectivity index (χ1v) is 8.84. The molecule has 0 bridgehead atoms. The molecule has 3 N–H and O–H groups in total. The van der Waals surface area contributed by atoms with Crippen LogP contribution in [0.2, 0.25) is 0 Å². The Morgan fingerprint density at radius 3 is 2.09 bits per heavy atom. The normalized spacial score (nSPS) is 14.2. The first-order valence-electron chi connectivity index (χ1n) is 8.84. The van der Waals surface area contributed by atoms with Crippen molar-refractivity contribution in [1.82, 2.24) is 5.32 Å². The van der Waals surface area contributed by atoms with Crippen molar-refractivity contribution in [2.45, 2.75) is 90.2 Å². The van der Waals surface area contributed by atoms with Crippen LogP contribution >= 0.6 is 0 Å². The number of unbranched alkanes of at least 4 members (excludes halogenated alkanes) is 9. The molecule has 0 aromatic carbocycles. The van der Waals surface area contributed by atoms with Gasteiger partial charge in [-0.05, 0) is 12.8 Å². The highest BCUT2D eigenvalue weighted by Crippen LogP contribution is 2.10. The summed E-state index contributed by atoms with van der Waals surface area (Å²) in [5, 5.41) is 21.5. The van der Waals surface area contributed by atoms with E-state index < -0.39 is 12.1 Å². The molecular weight excluding hydrogens is 278 g/mol. The summed E-state index contributed by atoms with van der Waals surface area (Å²) >= 11 is 0. The topological polar surface area (TPSA) is 69.6 Å². The predicted molar refractivity (Wildman–Crippen MR) is 91.7 cm³/mol. The van der Waals surface area contributed by atoms with E-state index >= 15 is 0 Å². The molecule has 1 amide bonds. The Morgan fingerprint density at radius 1 is 1.05 bits per heavy atom. The average molecular weight is 313 g/mol. The van der Waals surface area contributed by atoms with Gasteiger partial charge in [0.15, 0.2) is 0 Å². The molecule has 2 unspecified atom stereocenters. The van der Waals surface area contributed by atoms with Crippen molar-refractivity contribution in [2.75, 3.05) is 6.61 Å². The summed E-state index contributed by atoms with van der Waals surface area (Å²) < 4.78 is 0. The molecule has 130 valence electrons. The van der Waals surface area contributed by atoms with Crippen LogP contribution in [-0.2, 0) is 4.79 Å². The lowest BCUT2D eigenvalue weighted by Gasteiger charge is -2.18. The Labute approximate surface area is 136 Å². The Bertz CT molecular complexity index is 292. The first kappa shape index (κ1) is 21.1. The molecule has 0 fully saturated rings. The quantitative estimate of drug-likeness (QED) is 0.340. The third-order valence-electron chi connectivity index (χ3n) is 3.81. The van der Waals surface area contributed by atoms with Crippen LogP contribution in [0.25, 0.3) is 0 Å². The lowest BCUT2D eigenvalue weighted by atomic mass is 10.1. The van der Waals surface area contributed by atoms with Crippen LogP contribution in [0.3, 0.4) is 0 Å². The number of carbonyl (C=O) groups excluding carboxylic acids is 1. The third-order valence-corrected chi connectivity index (χ3v) is 3.81. The van der Waals surface area contributed by atoms with Gasteiger partial charge in [0.2, 0.25) is 5.91 Å². The van der Waals surface area contributed by atoms with Gasteiger partial charge in [-0.2, -0.15) is 0 Å². The van der Waals surface area contributed by atoms with E-state index in [2.05, 4.69) is 12.2 Å². The summed E-state index contributed by atoms with van der Waals surface area (Å²) in [6.45, 7) is 3.36. The summed E-state index contributed by atoms with van der Waals surface area (Å²) in [5.74, 6) is -0.245. The van der Waals surface area contributed by atoms with E-state index in [1.807, 2.05) is 6.08 Å². The molecule has 0 aliphatic rings. The van der Waals surface area contributed by atoms with Gasteiger partial charge in [-0.25, -0.2) is 0 Å². The van der Waals surface area contributed by atoms with Gasteiger partial charge in [-0.3, -0.25) is 4.79 Å². The van der Waals surface area contributed by atoms with E-state index in [-0.39, 0.29) is 12.5 Å². The molecule has 0 spiro atoms. The lowest BCUT2D eigenvalue weighted by molar-refractivity contribution is -0.120. The number of aliphatic hydroxyl groups excluding tert-OH is 2. The van der Waals surface area contributed by atoms with E-state index in [1.165, 1.54) is 58.3 Å². The number of rotatable bonds is 14. The number of amides is 1. The van der Waals surface area contributed by atoms with Gasteiger partial charge in [0.25, 0.3) is 0 Å². The van der Waals surface area contributed by atoms with Crippen molar-refractivity contribution in [3.8, 4) is 0 Å². The van der Waals surface area contributed by atoms with Gasteiger partial charge in [0.05, 0.1) is 18.8 Å². The summed E-state index contributed by atoms with van der Waals surface area (Å²) in [7, 11) is 0. The maximum atomic E-state index is 10.9. The highest BCUT2D eigenvalue weighted by molar-refractivity contribution is 5.73. The van der Waals surface area contributed by atoms with E-state index in [0.29, 0.717) is 0 Å². The number of nitrogens with one attached hydrogen (secondary N) is 1. The molecule has 0 saturated heterocycles. The zero-order valence-corrected chi connectivity index (χ0v) is 14.4. The van der Waals surface area contributed by atoms with Crippen molar-refractivity contribution in [3.63, 3.8) is 0 Å². The Hall–Kier alpha value is -0.870. The van der Waals surface area contributed by atoms with Crippen LogP contribution in [-0.4, -0.2) is 34.9 Å². The van der Waals surface area contributed by atoms with E-state index in [0.717, 1.165) is 12.8 Å².